The van der Waals surface area contributed by atoms with Gasteiger partial charge in [0.2, 0.25) is 9.84 Å². The first kappa shape index (κ1) is 19.1. The molecule has 0 fully saturated rings. The summed E-state index contributed by atoms with van der Waals surface area (Å²) >= 11 is 18.5. The van der Waals surface area contributed by atoms with E-state index in [-0.39, 0.29) is 19.8 Å². The van der Waals surface area contributed by atoms with Crippen molar-refractivity contribution in [1.82, 2.24) is 4.98 Å². The Morgan fingerprint density at radius 2 is 1.65 bits per heavy atom. The summed E-state index contributed by atoms with van der Waals surface area (Å²) in [5.41, 5.74) is 1.38. The van der Waals surface area contributed by atoms with Crippen molar-refractivity contribution >= 4 is 67.6 Å². The largest absolute Gasteiger partial charge is 0.319 e. The van der Waals surface area contributed by atoms with Gasteiger partial charge in [-0.2, -0.15) is 0 Å². The molecule has 0 unspecified atom stereocenters. The average molecular weight is 448 g/mol. The van der Waals surface area contributed by atoms with Gasteiger partial charge in [-0.1, -0.05) is 34.8 Å². The standard InChI is InChI=1S/C16H9Cl3N2O3S2/c17-9-1-4-11(5-2-9)26(23,24)16-14(20-8-25-16)15(22)21-13-6-3-10(18)7-12(13)19/h1-8H,(H,21,22). The zero-order chi connectivity index (χ0) is 18.9. The molecule has 1 N–H and O–H groups in total. The molecule has 0 aliphatic carbocycles. The van der Waals surface area contributed by atoms with Crippen LogP contribution in [-0.2, 0) is 9.84 Å². The topological polar surface area (TPSA) is 76.1 Å². The van der Waals surface area contributed by atoms with Crippen LogP contribution in [0.1, 0.15) is 10.5 Å². The maximum atomic E-state index is 12.8. The van der Waals surface area contributed by atoms with Crippen LogP contribution in [0.15, 0.2) is 57.1 Å². The van der Waals surface area contributed by atoms with E-state index in [2.05, 4.69) is 10.3 Å². The number of benzene rings is 2. The molecule has 0 bridgehead atoms. The number of aromatic nitrogens is 1. The lowest BCUT2D eigenvalue weighted by molar-refractivity contribution is 0.102. The predicted molar refractivity (Wildman–Crippen MR) is 103 cm³/mol. The number of halogens is 3. The number of rotatable bonds is 4. The van der Waals surface area contributed by atoms with Gasteiger partial charge in [-0.05, 0) is 42.5 Å². The van der Waals surface area contributed by atoms with Gasteiger partial charge in [0, 0.05) is 10.0 Å². The number of amides is 1. The van der Waals surface area contributed by atoms with E-state index < -0.39 is 15.7 Å². The van der Waals surface area contributed by atoms with Gasteiger partial charge in [-0.15, -0.1) is 11.3 Å². The van der Waals surface area contributed by atoms with Crippen molar-refractivity contribution in [3.05, 3.63) is 68.7 Å². The summed E-state index contributed by atoms with van der Waals surface area (Å²) in [7, 11) is -3.91. The molecule has 0 aliphatic heterocycles. The molecule has 0 saturated carbocycles. The monoisotopic (exact) mass is 446 g/mol. The summed E-state index contributed by atoms with van der Waals surface area (Å²) in [4.78, 5) is 16.4. The van der Waals surface area contributed by atoms with Crippen LogP contribution >= 0.6 is 46.1 Å². The molecule has 5 nitrogen and oxygen atoms in total. The normalized spacial score (nSPS) is 11.3. The van der Waals surface area contributed by atoms with E-state index in [1.54, 1.807) is 6.07 Å². The minimum absolute atomic E-state index is 0.0183. The van der Waals surface area contributed by atoms with Gasteiger partial charge in [-0.25, -0.2) is 13.4 Å². The molecule has 1 aromatic heterocycles. The number of sulfone groups is 1. The summed E-state index contributed by atoms with van der Waals surface area (Å²) in [6, 6.07) is 10.2. The van der Waals surface area contributed by atoms with Crippen molar-refractivity contribution in [2.75, 3.05) is 5.32 Å². The molecule has 2 aromatic carbocycles. The van der Waals surface area contributed by atoms with E-state index in [9.17, 15) is 13.2 Å². The average Bonchev–Trinajstić information content (AvgIpc) is 3.08. The minimum atomic E-state index is -3.91. The first-order valence-electron chi connectivity index (χ1n) is 6.99. The highest BCUT2D eigenvalue weighted by Gasteiger charge is 2.28. The van der Waals surface area contributed by atoms with Crippen LogP contribution in [-0.4, -0.2) is 19.3 Å². The number of hydrogen-bond acceptors (Lipinski definition) is 5. The molecule has 3 aromatic rings. The van der Waals surface area contributed by atoms with Gasteiger partial charge in [-0.3, -0.25) is 4.79 Å². The van der Waals surface area contributed by atoms with Crippen LogP contribution in [0, 0.1) is 0 Å². The highest BCUT2D eigenvalue weighted by Crippen LogP contribution is 2.30. The number of carbonyl (C=O) groups is 1. The molecule has 0 spiro atoms. The molecule has 0 saturated heterocycles. The van der Waals surface area contributed by atoms with Crippen molar-refractivity contribution in [3.8, 4) is 0 Å². The zero-order valence-corrected chi connectivity index (χ0v) is 16.6. The Morgan fingerprint density at radius 1 is 1.00 bits per heavy atom. The third kappa shape index (κ3) is 3.87. The lowest BCUT2D eigenvalue weighted by Crippen LogP contribution is -2.16. The first-order chi connectivity index (χ1) is 12.3. The molecular weight excluding hydrogens is 439 g/mol. The lowest BCUT2D eigenvalue weighted by atomic mass is 10.3. The maximum Gasteiger partial charge on any atom is 0.276 e. The first-order valence-corrected chi connectivity index (χ1v) is 10.5. The highest BCUT2D eigenvalue weighted by molar-refractivity contribution is 7.93. The van der Waals surface area contributed by atoms with Crippen LogP contribution < -0.4 is 5.32 Å². The third-order valence-electron chi connectivity index (χ3n) is 3.30. The van der Waals surface area contributed by atoms with Crippen LogP contribution in [0.25, 0.3) is 0 Å². The van der Waals surface area contributed by atoms with Crippen molar-refractivity contribution in [3.63, 3.8) is 0 Å². The van der Waals surface area contributed by atoms with E-state index in [1.165, 1.54) is 41.9 Å². The molecule has 26 heavy (non-hydrogen) atoms. The Hall–Kier alpha value is -1.64. The van der Waals surface area contributed by atoms with Gasteiger partial charge >= 0.3 is 0 Å². The molecule has 134 valence electrons. The van der Waals surface area contributed by atoms with E-state index in [0.29, 0.717) is 15.7 Å². The van der Waals surface area contributed by atoms with E-state index >= 15 is 0 Å². The second-order valence-corrected chi connectivity index (χ2v) is 9.30. The van der Waals surface area contributed by atoms with Gasteiger partial charge in [0.25, 0.3) is 5.91 Å². The summed E-state index contributed by atoms with van der Waals surface area (Å²) in [6.45, 7) is 0. The summed E-state index contributed by atoms with van der Waals surface area (Å²) in [6.07, 6.45) is 0. The maximum absolute atomic E-state index is 12.8. The molecule has 0 aliphatic rings. The smallest absolute Gasteiger partial charge is 0.276 e. The summed E-state index contributed by atoms with van der Waals surface area (Å²) in [5, 5.41) is 3.58. The quantitative estimate of drug-likeness (QED) is 0.597. The Balaban J connectivity index is 1.95. The molecule has 10 heteroatoms. The number of carbonyl (C=O) groups excluding carboxylic acids is 1. The fourth-order valence-corrected chi connectivity index (χ4v) is 5.20. The number of nitrogens with zero attached hydrogens (tertiary/aromatic N) is 1. The Kier molecular flexibility index (Phi) is 5.55. The molecule has 0 atom stereocenters. The van der Waals surface area contributed by atoms with Crippen molar-refractivity contribution in [1.29, 1.82) is 0 Å². The highest BCUT2D eigenvalue weighted by atomic mass is 35.5. The zero-order valence-electron chi connectivity index (χ0n) is 12.7. The second-order valence-electron chi connectivity index (χ2n) is 5.02. The molecule has 1 heterocycles. The number of hydrogen-bond donors (Lipinski definition) is 1. The predicted octanol–water partition coefficient (Wildman–Crippen LogP) is 5.19. The third-order valence-corrected chi connectivity index (χ3v) is 7.24. The van der Waals surface area contributed by atoms with E-state index in [4.69, 9.17) is 34.8 Å². The molecule has 1 amide bonds. The second kappa shape index (κ2) is 7.54. The fraction of sp³-hybridized carbons (Fsp3) is 0. The SMILES string of the molecule is O=C(Nc1ccc(Cl)cc1Cl)c1ncsc1S(=O)(=O)c1ccc(Cl)cc1. The minimum Gasteiger partial charge on any atom is -0.319 e. The van der Waals surface area contributed by atoms with Gasteiger partial charge in [0.05, 0.1) is 21.1 Å². The van der Waals surface area contributed by atoms with E-state index in [1.807, 2.05) is 0 Å². The summed E-state index contributed by atoms with van der Waals surface area (Å²) < 4.78 is 25.4. The van der Waals surface area contributed by atoms with E-state index in [0.717, 1.165) is 11.3 Å². The van der Waals surface area contributed by atoms with Crippen LogP contribution in [0.5, 0.6) is 0 Å². The Morgan fingerprint density at radius 3 is 2.31 bits per heavy atom. The van der Waals surface area contributed by atoms with Crippen molar-refractivity contribution in [2.24, 2.45) is 0 Å². The summed E-state index contributed by atoms with van der Waals surface area (Å²) in [5.74, 6) is -0.692. The van der Waals surface area contributed by atoms with Crippen molar-refractivity contribution in [2.45, 2.75) is 9.10 Å². The van der Waals surface area contributed by atoms with Crippen LogP contribution in [0.2, 0.25) is 15.1 Å². The molecule has 3 rings (SSSR count). The number of nitrogens with one attached hydrogen (secondary N) is 1. The fourth-order valence-electron chi connectivity index (χ4n) is 2.07. The molecular formula is C16H9Cl3N2O3S2. The number of anilines is 1. The Labute approximate surface area is 168 Å². The van der Waals surface area contributed by atoms with Crippen molar-refractivity contribution < 1.29 is 13.2 Å². The number of thiazole rings is 1. The van der Waals surface area contributed by atoms with Gasteiger partial charge in [0.1, 0.15) is 0 Å². The molecule has 0 radical (unpaired) electrons. The van der Waals surface area contributed by atoms with Gasteiger partial charge < -0.3 is 5.32 Å². The Bertz CT molecular complexity index is 1080. The lowest BCUT2D eigenvalue weighted by Gasteiger charge is -2.08. The van der Waals surface area contributed by atoms with Crippen LogP contribution in [0.4, 0.5) is 5.69 Å². The van der Waals surface area contributed by atoms with Gasteiger partial charge in [0.15, 0.2) is 9.90 Å². The van der Waals surface area contributed by atoms with Crippen LogP contribution in [0.3, 0.4) is 0 Å².